The Balaban J connectivity index is 2.95. The molecule has 2 N–H and O–H groups in total. The maximum Gasteiger partial charge on any atom is 0.137 e. The van der Waals surface area contributed by atoms with E-state index in [-0.39, 0.29) is 6.54 Å². The molecule has 0 saturated heterocycles. The zero-order chi connectivity index (χ0) is 9.84. The Morgan fingerprint density at radius 2 is 2.23 bits per heavy atom. The van der Waals surface area contributed by atoms with Crippen LogP contribution in [0.4, 0.5) is 4.39 Å². The van der Waals surface area contributed by atoms with E-state index in [4.69, 9.17) is 10.5 Å². The molecule has 0 heterocycles. The maximum absolute atomic E-state index is 13.1. The van der Waals surface area contributed by atoms with Crippen LogP contribution in [0.15, 0.2) is 18.2 Å². The molecule has 0 spiro atoms. The Morgan fingerprint density at radius 1 is 1.54 bits per heavy atom. The van der Waals surface area contributed by atoms with Crippen molar-refractivity contribution in [1.82, 2.24) is 0 Å². The summed E-state index contributed by atoms with van der Waals surface area (Å²) >= 11 is 0. The van der Waals surface area contributed by atoms with Gasteiger partial charge in [-0.15, -0.1) is 0 Å². The fourth-order valence-electron chi connectivity index (χ4n) is 1.23. The molecule has 0 fully saturated rings. The number of nitrogens with two attached hydrogens (primary N) is 1. The highest BCUT2D eigenvalue weighted by Crippen LogP contribution is 2.23. The van der Waals surface area contributed by atoms with Crippen LogP contribution >= 0.6 is 0 Å². The van der Waals surface area contributed by atoms with Crippen molar-refractivity contribution in [2.75, 3.05) is 13.7 Å². The molecule has 1 aromatic carbocycles. The van der Waals surface area contributed by atoms with E-state index < -0.39 is 6.17 Å². The summed E-state index contributed by atoms with van der Waals surface area (Å²) in [6, 6.07) is 5.21. The third-order valence-corrected chi connectivity index (χ3v) is 1.99. The summed E-state index contributed by atoms with van der Waals surface area (Å²) in [5.74, 6) is 0.771. The molecule has 0 amide bonds. The fourth-order valence-corrected chi connectivity index (χ4v) is 1.23. The van der Waals surface area contributed by atoms with Crippen molar-refractivity contribution in [3.8, 4) is 5.75 Å². The maximum atomic E-state index is 13.1. The average Bonchev–Trinajstić information content (AvgIpc) is 2.16. The van der Waals surface area contributed by atoms with Crippen molar-refractivity contribution < 1.29 is 9.13 Å². The van der Waals surface area contributed by atoms with Crippen LogP contribution < -0.4 is 10.5 Å². The summed E-state index contributed by atoms with van der Waals surface area (Å²) in [5.41, 5.74) is 6.76. The second-order valence-corrected chi connectivity index (χ2v) is 2.93. The summed E-state index contributed by atoms with van der Waals surface area (Å²) < 4.78 is 18.2. The largest absolute Gasteiger partial charge is 0.496 e. The first kappa shape index (κ1) is 9.99. The van der Waals surface area contributed by atoms with Crippen LogP contribution in [0.25, 0.3) is 0 Å². The van der Waals surface area contributed by atoms with Gasteiger partial charge in [0.2, 0.25) is 0 Å². The Kier molecular flexibility index (Phi) is 3.25. The number of rotatable bonds is 3. The minimum atomic E-state index is -1.08. The first-order valence-corrected chi connectivity index (χ1v) is 4.17. The van der Waals surface area contributed by atoms with Gasteiger partial charge in [0, 0.05) is 6.54 Å². The van der Waals surface area contributed by atoms with Crippen LogP contribution in [-0.4, -0.2) is 13.7 Å². The molecule has 0 saturated carbocycles. The smallest absolute Gasteiger partial charge is 0.137 e. The van der Waals surface area contributed by atoms with Gasteiger partial charge >= 0.3 is 0 Å². The average molecular weight is 183 g/mol. The van der Waals surface area contributed by atoms with Crippen molar-refractivity contribution in [3.05, 3.63) is 29.3 Å². The van der Waals surface area contributed by atoms with Crippen molar-refractivity contribution in [3.63, 3.8) is 0 Å². The lowest BCUT2D eigenvalue weighted by molar-refractivity contribution is 0.351. The van der Waals surface area contributed by atoms with E-state index in [2.05, 4.69) is 0 Å². The van der Waals surface area contributed by atoms with Gasteiger partial charge in [-0.2, -0.15) is 0 Å². The molecule has 2 nitrogen and oxygen atoms in total. The molecule has 0 radical (unpaired) electrons. The Bertz CT molecular complexity index is 288. The van der Waals surface area contributed by atoms with E-state index in [1.807, 2.05) is 6.92 Å². The summed E-state index contributed by atoms with van der Waals surface area (Å²) in [6.45, 7) is 1.90. The molecule has 1 rings (SSSR count). The fraction of sp³-hybridized carbons (Fsp3) is 0.400. The van der Waals surface area contributed by atoms with E-state index in [1.54, 1.807) is 25.3 Å². The lowest BCUT2D eigenvalue weighted by Gasteiger charge is -2.09. The van der Waals surface area contributed by atoms with Gasteiger partial charge in [0.05, 0.1) is 7.11 Å². The van der Waals surface area contributed by atoms with Gasteiger partial charge in [0.15, 0.2) is 0 Å². The first-order chi connectivity index (χ1) is 6.19. The number of methoxy groups -OCH3 is 1. The molecule has 0 aliphatic carbocycles. The van der Waals surface area contributed by atoms with E-state index in [1.165, 1.54) is 0 Å². The summed E-state index contributed by atoms with van der Waals surface area (Å²) in [5, 5.41) is 0. The summed E-state index contributed by atoms with van der Waals surface area (Å²) in [7, 11) is 1.60. The zero-order valence-electron chi connectivity index (χ0n) is 7.88. The molecule has 0 aliphatic rings. The number of halogens is 1. The van der Waals surface area contributed by atoms with Gasteiger partial charge in [-0.3, -0.25) is 0 Å². The quantitative estimate of drug-likeness (QED) is 0.777. The molecule has 0 aromatic heterocycles. The van der Waals surface area contributed by atoms with Crippen LogP contribution in [-0.2, 0) is 0 Å². The number of benzene rings is 1. The first-order valence-electron chi connectivity index (χ1n) is 4.17. The van der Waals surface area contributed by atoms with E-state index in [0.717, 1.165) is 11.3 Å². The predicted molar refractivity (Wildman–Crippen MR) is 50.6 cm³/mol. The lowest BCUT2D eigenvalue weighted by Crippen LogP contribution is -2.07. The highest BCUT2D eigenvalue weighted by atomic mass is 19.1. The van der Waals surface area contributed by atoms with Crippen LogP contribution in [0, 0.1) is 6.92 Å². The number of ether oxygens (including phenoxy) is 1. The molecule has 0 aliphatic heterocycles. The van der Waals surface area contributed by atoms with Crippen molar-refractivity contribution in [2.45, 2.75) is 13.1 Å². The Morgan fingerprint density at radius 3 is 2.69 bits per heavy atom. The third kappa shape index (κ3) is 2.18. The SMILES string of the molecule is COc1ccc(C(F)CN)cc1C. The van der Waals surface area contributed by atoms with Gasteiger partial charge in [-0.05, 0) is 30.2 Å². The Labute approximate surface area is 77.5 Å². The number of alkyl halides is 1. The lowest BCUT2D eigenvalue weighted by atomic mass is 10.1. The molecular formula is C10H14FNO. The number of hydrogen-bond donors (Lipinski definition) is 1. The molecule has 1 atom stereocenters. The Hall–Kier alpha value is -1.09. The van der Waals surface area contributed by atoms with Gasteiger partial charge in [0.25, 0.3) is 0 Å². The van der Waals surface area contributed by atoms with Crippen molar-refractivity contribution in [2.24, 2.45) is 5.73 Å². The van der Waals surface area contributed by atoms with Crippen molar-refractivity contribution in [1.29, 1.82) is 0 Å². The van der Waals surface area contributed by atoms with Gasteiger partial charge in [-0.1, -0.05) is 6.07 Å². The van der Waals surface area contributed by atoms with Gasteiger partial charge in [-0.25, -0.2) is 4.39 Å². The highest BCUT2D eigenvalue weighted by Gasteiger charge is 2.08. The zero-order valence-corrected chi connectivity index (χ0v) is 7.88. The van der Waals surface area contributed by atoms with E-state index in [0.29, 0.717) is 5.56 Å². The van der Waals surface area contributed by atoms with Gasteiger partial charge in [0.1, 0.15) is 11.9 Å². The third-order valence-electron chi connectivity index (χ3n) is 1.99. The number of hydrogen-bond acceptors (Lipinski definition) is 2. The summed E-state index contributed by atoms with van der Waals surface area (Å²) in [4.78, 5) is 0. The monoisotopic (exact) mass is 183 g/mol. The van der Waals surface area contributed by atoms with E-state index >= 15 is 0 Å². The molecule has 3 heteroatoms. The highest BCUT2D eigenvalue weighted by molar-refractivity contribution is 5.37. The minimum absolute atomic E-state index is 0.0196. The van der Waals surface area contributed by atoms with Gasteiger partial charge < -0.3 is 10.5 Å². The molecular weight excluding hydrogens is 169 g/mol. The normalized spacial score (nSPS) is 12.6. The molecule has 1 unspecified atom stereocenters. The van der Waals surface area contributed by atoms with Crippen LogP contribution in [0.3, 0.4) is 0 Å². The standard InChI is InChI=1S/C10H14FNO/c1-7-5-8(9(11)6-12)3-4-10(7)13-2/h3-5,9H,6,12H2,1-2H3. The molecule has 1 aromatic rings. The minimum Gasteiger partial charge on any atom is -0.496 e. The summed E-state index contributed by atoms with van der Waals surface area (Å²) in [6.07, 6.45) is -1.08. The number of aryl methyl sites for hydroxylation is 1. The topological polar surface area (TPSA) is 35.2 Å². The van der Waals surface area contributed by atoms with Crippen LogP contribution in [0.2, 0.25) is 0 Å². The van der Waals surface area contributed by atoms with Crippen molar-refractivity contribution >= 4 is 0 Å². The second kappa shape index (κ2) is 4.23. The molecule has 13 heavy (non-hydrogen) atoms. The van der Waals surface area contributed by atoms with E-state index in [9.17, 15) is 4.39 Å². The second-order valence-electron chi connectivity index (χ2n) is 2.93. The predicted octanol–water partition coefficient (Wildman–Crippen LogP) is 1.97. The molecule has 0 bridgehead atoms. The van der Waals surface area contributed by atoms with Crippen LogP contribution in [0.5, 0.6) is 5.75 Å². The van der Waals surface area contributed by atoms with Crippen LogP contribution in [0.1, 0.15) is 17.3 Å². The molecule has 72 valence electrons.